The van der Waals surface area contributed by atoms with Gasteiger partial charge in [0.1, 0.15) is 17.6 Å². The highest BCUT2D eigenvalue weighted by Gasteiger charge is 2.45. The van der Waals surface area contributed by atoms with Crippen LogP contribution in [0.2, 0.25) is 5.02 Å². The highest BCUT2D eigenvalue weighted by atomic mass is 35.5. The third-order valence-corrected chi connectivity index (χ3v) is 9.20. The quantitative estimate of drug-likeness (QED) is 0.297. The van der Waals surface area contributed by atoms with E-state index < -0.39 is 74.6 Å². The van der Waals surface area contributed by atoms with Gasteiger partial charge in [-0.1, -0.05) is 32.0 Å². The van der Waals surface area contributed by atoms with E-state index in [-0.39, 0.29) is 41.4 Å². The van der Waals surface area contributed by atoms with Crippen LogP contribution in [0.25, 0.3) is 27.7 Å². The maximum absolute atomic E-state index is 17.1. The van der Waals surface area contributed by atoms with Gasteiger partial charge in [-0.3, -0.25) is 19.1 Å². The van der Waals surface area contributed by atoms with Crippen LogP contribution in [0.3, 0.4) is 0 Å². The summed E-state index contributed by atoms with van der Waals surface area (Å²) in [5.74, 6) is -6.47. The Morgan fingerprint density at radius 3 is 2.47 bits per heavy atom. The lowest BCUT2D eigenvalue weighted by Crippen LogP contribution is -2.63. The molecule has 0 aliphatic carbocycles. The molecule has 2 aromatic carbocycles. The molecule has 47 heavy (non-hydrogen) atoms. The lowest BCUT2D eigenvalue weighted by Gasteiger charge is -2.44. The minimum absolute atomic E-state index is 0.0261. The molecule has 0 saturated carbocycles. The number of nitrogens with zero attached hydrogens (tertiary/aromatic N) is 6. The molecule has 2 unspecified atom stereocenters. The zero-order valence-electron chi connectivity index (χ0n) is 26.1. The van der Waals surface area contributed by atoms with Gasteiger partial charge in [-0.2, -0.15) is 4.98 Å². The summed E-state index contributed by atoms with van der Waals surface area (Å²) in [7, 11) is 1.29. The van der Waals surface area contributed by atoms with Crippen molar-refractivity contribution in [1.82, 2.24) is 19.4 Å². The molecule has 2 amide bonds. The second kappa shape index (κ2) is 11.4. The Morgan fingerprint density at radius 2 is 1.81 bits per heavy atom. The number of aryl methyl sites for hydroxylation is 1. The van der Waals surface area contributed by atoms with Crippen LogP contribution in [-0.4, -0.2) is 68.6 Å². The van der Waals surface area contributed by atoms with Crippen molar-refractivity contribution in [2.45, 2.75) is 45.7 Å². The normalized spacial score (nSPS) is 17.7. The van der Waals surface area contributed by atoms with Crippen LogP contribution < -0.4 is 15.5 Å². The summed E-state index contributed by atoms with van der Waals surface area (Å²) in [5, 5.41) is 10.2. The Bertz CT molecular complexity index is 2100. The standard InChI is InChI=1S/C33H30ClF3N6O4/c1-7-20(45)41-13-18-32(46)40(6)30-23-29(24(34)22(26(30)37)21-19(44)9-8-17(35)25(21)36)43(28-15(4)10-11-38-27(28)14(2)3)33(47)39-31(23)42(18)12-16(41)5/h7-11,14,16,18,44H,1,12-13H2,2-6H3. The maximum Gasteiger partial charge on any atom is 0.354 e. The zero-order valence-corrected chi connectivity index (χ0v) is 26.9. The number of halogens is 4. The molecule has 0 bridgehead atoms. The Hall–Kier alpha value is -4.91. The van der Waals surface area contributed by atoms with Gasteiger partial charge in [0.05, 0.1) is 45.1 Å². The second-order valence-corrected chi connectivity index (χ2v) is 12.4. The number of anilines is 2. The molecule has 2 aliphatic rings. The van der Waals surface area contributed by atoms with Crippen LogP contribution >= 0.6 is 11.6 Å². The van der Waals surface area contributed by atoms with E-state index in [1.807, 2.05) is 13.8 Å². The molecular formula is C33H30ClF3N6O4. The number of pyridine rings is 1. The predicted octanol–water partition coefficient (Wildman–Crippen LogP) is 5.22. The number of aromatic hydroxyl groups is 1. The summed E-state index contributed by atoms with van der Waals surface area (Å²) < 4.78 is 48.3. The van der Waals surface area contributed by atoms with Crippen molar-refractivity contribution in [2.24, 2.45) is 0 Å². The SMILES string of the molecule is C=CC(=O)N1CC2C(=O)N(C)c3c(F)c(-c4c(O)ccc(F)c4F)c(Cl)c4c3c(nc(=O)n4-c3c(C)ccnc3C(C)C)N2CC1C. The van der Waals surface area contributed by atoms with Gasteiger partial charge >= 0.3 is 5.69 Å². The van der Waals surface area contributed by atoms with E-state index in [1.165, 1.54) is 16.8 Å². The van der Waals surface area contributed by atoms with E-state index in [4.69, 9.17) is 11.6 Å². The monoisotopic (exact) mass is 666 g/mol. The number of piperazine rings is 1. The Labute approximate surface area is 272 Å². The number of likely N-dealkylation sites (N-methyl/N-ethyl adjacent to an activating group) is 1. The van der Waals surface area contributed by atoms with E-state index in [0.717, 1.165) is 21.6 Å². The number of phenolic OH excluding ortho intramolecular Hbond substituents is 1. The van der Waals surface area contributed by atoms with Crippen LogP contribution in [0, 0.1) is 24.4 Å². The number of rotatable bonds is 4. The fourth-order valence-corrected chi connectivity index (χ4v) is 6.93. The first-order chi connectivity index (χ1) is 22.2. The number of hydrogen-bond donors (Lipinski definition) is 1. The van der Waals surface area contributed by atoms with Crippen LogP contribution in [0.5, 0.6) is 5.75 Å². The average molecular weight is 667 g/mol. The third-order valence-electron chi connectivity index (χ3n) is 8.84. The lowest BCUT2D eigenvalue weighted by molar-refractivity contribution is -0.130. The third kappa shape index (κ3) is 4.66. The van der Waals surface area contributed by atoms with Crippen LogP contribution in [0.4, 0.5) is 24.7 Å². The van der Waals surface area contributed by atoms with Crippen LogP contribution in [0.1, 0.15) is 37.9 Å². The highest BCUT2D eigenvalue weighted by Crippen LogP contribution is 2.50. The summed E-state index contributed by atoms with van der Waals surface area (Å²) in [6.07, 6.45) is 2.69. The molecule has 14 heteroatoms. The molecule has 2 atom stereocenters. The first kappa shape index (κ1) is 32.0. The number of carbonyl (C=O) groups is 2. The van der Waals surface area contributed by atoms with Gasteiger partial charge in [-0.15, -0.1) is 0 Å². The first-order valence-electron chi connectivity index (χ1n) is 14.8. The summed E-state index contributed by atoms with van der Waals surface area (Å²) in [6, 6.07) is 1.58. The molecule has 6 rings (SSSR count). The van der Waals surface area contributed by atoms with E-state index >= 15 is 8.78 Å². The van der Waals surface area contributed by atoms with Crippen molar-refractivity contribution < 1.29 is 27.9 Å². The van der Waals surface area contributed by atoms with Crippen molar-refractivity contribution in [1.29, 1.82) is 0 Å². The van der Waals surface area contributed by atoms with Crippen molar-refractivity contribution in [3.8, 4) is 22.6 Å². The topological polar surface area (TPSA) is 112 Å². The average Bonchev–Trinajstić information content (AvgIpc) is 3.11. The van der Waals surface area contributed by atoms with E-state index in [2.05, 4.69) is 16.5 Å². The zero-order chi connectivity index (χ0) is 34.2. The smallest absolute Gasteiger partial charge is 0.354 e. The minimum Gasteiger partial charge on any atom is -0.507 e. The van der Waals surface area contributed by atoms with Crippen molar-refractivity contribution >= 4 is 45.8 Å². The van der Waals surface area contributed by atoms with Crippen LogP contribution in [-0.2, 0) is 9.59 Å². The van der Waals surface area contributed by atoms with E-state index in [1.54, 1.807) is 26.1 Å². The molecule has 1 fully saturated rings. The number of carbonyl (C=O) groups excluding carboxylic acids is 2. The van der Waals surface area contributed by atoms with Gasteiger partial charge in [-0.05, 0) is 49.6 Å². The predicted molar refractivity (Wildman–Crippen MR) is 172 cm³/mol. The van der Waals surface area contributed by atoms with Gasteiger partial charge in [-0.25, -0.2) is 18.0 Å². The summed E-state index contributed by atoms with van der Waals surface area (Å²) >= 11 is 7.00. The largest absolute Gasteiger partial charge is 0.507 e. The molecule has 4 heterocycles. The first-order valence-corrected chi connectivity index (χ1v) is 15.2. The number of amides is 2. The fraction of sp³-hybridized carbons (Fsp3) is 0.303. The Kier molecular flexibility index (Phi) is 7.78. The molecule has 2 aromatic heterocycles. The fourth-order valence-electron chi connectivity index (χ4n) is 6.57. The van der Waals surface area contributed by atoms with Crippen molar-refractivity contribution in [3.63, 3.8) is 0 Å². The van der Waals surface area contributed by atoms with Gasteiger partial charge in [0.2, 0.25) is 5.91 Å². The Morgan fingerprint density at radius 1 is 1.11 bits per heavy atom. The highest BCUT2D eigenvalue weighted by molar-refractivity contribution is 6.39. The van der Waals surface area contributed by atoms with Gasteiger partial charge in [0, 0.05) is 31.4 Å². The maximum atomic E-state index is 17.1. The number of fused-ring (bicyclic) bond motifs is 2. The summed E-state index contributed by atoms with van der Waals surface area (Å²) in [6.45, 7) is 10.6. The van der Waals surface area contributed by atoms with Gasteiger partial charge in [0.25, 0.3) is 5.91 Å². The molecule has 244 valence electrons. The van der Waals surface area contributed by atoms with E-state index in [0.29, 0.717) is 17.3 Å². The molecule has 4 aromatic rings. The molecule has 0 radical (unpaired) electrons. The molecule has 10 nitrogen and oxygen atoms in total. The number of aromatic nitrogens is 3. The van der Waals surface area contributed by atoms with Crippen molar-refractivity contribution in [3.05, 3.63) is 81.3 Å². The summed E-state index contributed by atoms with van der Waals surface area (Å²) in [5.41, 5.74) is -1.79. The molecule has 1 saturated heterocycles. The minimum atomic E-state index is -1.59. The number of phenols is 1. The van der Waals surface area contributed by atoms with Gasteiger partial charge in [0.15, 0.2) is 17.5 Å². The lowest BCUT2D eigenvalue weighted by atomic mass is 9.98. The van der Waals surface area contributed by atoms with Gasteiger partial charge < -0.3 is 19.8 Å². The number of hydrogen-bond acceptors (Lipinski definition) is 7. The van der Waals surface area contributed by atoms with Crippen LogP contribution in [0.15, 0.2) is 41.8 Å². The Balaban J connectivity index is 1.84. The number of benzene rings is 2. The second-order valence-electron chi connectivity index (χ2n) is 12.0. The molecule has 1 N–H and O–H groups in total. The molecule has 0 spiro atoms. The van der Waals surface area contributed by atoms with Crippen molar-refractivity contribution in [2.75, 3.05) is 29.9 Å². The molecular weight excluding hydrogens is 637 g/mol. The van der Waals surface area contributed by atoms with E-state index in [9.17, 15) is 23.9 Å². The summed E-state index contributed by atoms with van der Waals surface area (Å²) in [4.78, 5) is 54.1. The molecule has 2 aliphatic heterocycles.